The van der Waals surface area contributed by atoms with E-state index in [9.17, 15) is 10.1 Å². The van der Waals surface area contributed by atoms with Gasteiger partial charge in [0.15, 0.2) is 0 Å². The Balaban J connectivity index is 2.23. The highest BCUT2D eigenvalue weighted by Gasteiger charge is 2.14. The Morgan fingerprint density at radius 1 is 1.23 bits per heavy atom. The number of nitrogens with one attached hydrogen (secondary N) is 1. The minimum Gasteiger partial charge on any atom is -0.497 e. The number of rotatable bonds is 6. The Bertz CT molecular complexity index is 686. The van der Waals surface area contributed by atoms with Gasteiger partial charge in [0.2, 0.25) is 0 Å². The number of aryl methyl sites for hydroxylation is 1. The standard InChI is InChI=1S/C16H18N2O4/c1-11-5-13(7-14(6-11)22-2)9-17-15-8-12(10-19)3-4-16(15)18(20)21/h3-8,17,19H,9-10H2,1-2H3. The molecule has 0 aromatic heterocycles. The number of methoxy groups -OCH3 is 1. The molecule has 6 heteroatoms. The van der Waals surface area contributed by atoms with Crippen molar-refractivity contribution in [3.05, 3.63) is 63.2 Å². The quantitative estimate of drug-likeness (QED) is 0.633. The molecule has 0 aliphatic carbocycles. The molecule has 0 aliphatic heterocycles. The van der Waals surface area contributed by atoms with E-state index < -0.39 is 4.92 Å². The number of nitrogens with zero attached hydrogens (tertiary/aromatic N) is 1. The van der Waals surface area contributed by atoms with Crippen LogP contribution in [0.15, 0.2) is 36.4 Å². The van der Waals surface area contributed by atoms with Crippen LogP contribution < -0.4 is 10.1 Å². The highest BCUT2D eigenvalue weighted by Crippen LogP contribution is 2.26. The minimum atomic E-state index is -0.444. The number of aliphatic hydroxyl groups excluding tert-OH is 1. The summed E-state index contributed by atoms with van der Waals surface area (Å²) >= 11 is 0. The summed E-state index contributed by atoms with van der Waals surface area (Å²) in [4.78, 5) is 10.6. The molecule has 0 saturated carbocycles. The average Bonchev–Trinajstić information content (AvgIpc) is 2.51. The van der Waals surface area contributed by atoms with Crippen LogP contribution in [-0.4, -0.2) is 17.1 Å². The van der Waals surface area contributed by atoms with Crippen LogP contribution in [0.25, 0.3) is 0 Å². The fourth-order valence-electron chi connectivity index (χ4n) is 2.22. The molecule has 0 heterocycles. The van der Waals surface area contributed by atoms with Crippen LogP contribution >= 0.6 is 0 Å². The topological polar surface area (TPSA) is 84.6 Å². The van der Waals surface area contributed by atoms with E-state index in [0.29, 0.717) is 17.8 Å². The number of ether oxygens (including phenoxy) is 1. The molecule has 116 valence electrons. The zero-order chi connectivity index (χ0) is 16.1. The monoisotopic (exact) mass is 302 g/mol. The summed E-state index contributed by atoms with van der Waals surface area (Å²) < 4.78 is 5.22. The summed E-state index contributed by atoms with van der Waals surface area (Å²) in [5.74, 6) is 0.746. The van der Waals surface area contributed by atoms with Gasteiger partial charge in [-0.2, -0.15) is 0 Å². The molecular weight excluding hydrogens is 284 g/mol. The molecule has 0 aliphatic rings. The predicted octanol–water partition coefficient (Wildman–Crippen LogP) is 3.02. The summed E-state index contributed by atoms with van der Waals surface area (Å²) in [6.07, 6.45) is 0. The lowest BCUT2D eigenvalue weighted by atomic mass is 10.1. The van der Waals surface area contributed by atoms with Gasteiger partial charge in [-0.25, -0.2) is 0 Å². The molecular formula is C16H18N2O4. The van der Waals surface area contributed by atoms with E-state index in [1.54, 1.807) is 19.2 Å². The molecule has 2 aromatic carbocycles. The Kier molecular flexibility index (Phi) is 4.95. The number of hydrogen-bond acceptors (Lipinski definition) is 5. The smallest absolute Gasteiger partial charge is 0.292 e. The van der Waals surface area contributed by atoms with E-state index in [2.05, 4.69) is 5.32 Å². The van der Waals surface area contributed by atoms with Crippen molar-refractivity contribution in [3.63, 3.8) is 0 Å². The molecule has 6 nitrogen and oxygen atoms in total. The minimum absolute atomic E-state index is 0.0168. The molecule has 2 aromatic rings. The highest BCUT2D eigenvalue weighted by atomic mass is 16.6. The average molecular weight is 302 g/mol. The number of hydrogen-bond donors (Lipinski definition) is 2. The third-order valence-electron chi connectivity index (χ3n) is 3.27. The van der Waals surface area contributed by atoms with Crippen molar-refractivity contribution in [1.29, 1.82) is 0 Å². The fraction of sp³-hybridized carbons (Fsp3) is 0.250. The molecule has 0 unspecified atom stereocenters. The lowest BCUT2D eigenvalue weighted by Crippen LogP contribution is -2.04. The molecule has 0 spiro atoms. The summed E-state index contributed by atoms with van der Waals surface area (Å²) in [5, 5.41) is 23.3. The van der Waals surface area contributed by atoms with Crippen molar-refractivity contribution in [1.82, 2.24) is 0 Å². The van der Waals surface area contributed by atoms with Gasteiger partial charge in [0, 0.05) is 12.6 Å². The Labute approximate surface area is 128 Å². The van der Waals surface area contributed by atoms with Crippen LogP contribution in [0.5, 0.6) is 5.75 Å². The van der Waals surface area contributed by atoms with E-state index in [1.807, 2.05) is 25.1 Å². The number of benzene rings is 2. The second-order valence-corrected chi connectivity index (χ2v) is 4.98. The number of nitro groups is 1. The third-order valence-corrected chi connectivity index (χ3v) is 3.27. The summed E-state index contributed by atoms with van der Waals surface area (Å²) in [6, 6.07) is 10.3. The largest absolute Gasteiger partial charge is 0.497 e. The zero-order valence-electron chi connectivity index (χ0n) is 12.5. The first-order valence-corrected chi connectivity index (χ1v) is 6.80. The molecule has 0 amide bonds. The zero-order valence-corrected chi connectivity index (χ0v) is 12.5. The highest BCUT2D eigenvalue weighted by molar-refractivity contribution is 5.63. The first kappa shape index (κ1) is 15.8. The van der Waals surface area contributed by atoms with Crippen LogP contribution in [0.2, 0.25) is 0 Å². The van der Waals surface area contributed by atoms with Crippen molar-refractivity contribution >= 4 is 11.4 Å². The Hall–Kier alpha value is -2.60. The number of anilines is 1. The van der Waals surface area contributed by atoms with Crippen LogP contribution in [0.1, 0.15) is 16.7 Å². The van der Waals surface area contributed by atoms with Crippen LogP contribution in [-0.2, 0) is 13.2 Å². The lowest BCUT2D eigenvalue weighted by Gasteiger charge is -2.10. The van der Waals surface area contributed by atoms with Crippen molar-refractivity contribution in [2.24, 2.45) is 0 Å². The van der Waals surface area contributed by atoms with Gasteiger partial charge in [-0.1, -0.05) is 6.07 Å². The normalized spacial score (nSPS) is 10.3. The molecule has 22 heavy (non-hydrogen) atoms. The Morgan fingerprint density at radius 2 is 2.00 bits per heavy atom. The second kappa shape index (κ2) is 6.91. The summed E-state index contributed by atoms with van der Waals surface area (Å²) in [6.45, 7) is 2.22. The second-order valence-electron chi connectivity index (χ2n) is 4.98. The van der Waals surface area contributed by atoms with Crippen molar-refractivity contribution in [3.8, 4) is 5.75 Å². The first-order valence-electron chi connectivity index (χ1n) is 6.80. The van der Waals surface area contributed by atoms with Crippen molar-refractivity contribution < 1.29 is 14.8 Å². The fourth-order valence-corrected chi connectivity index (χ4v) is 2.22. The van der Waals surface area contributed by atoms with E-state index in [1.165, 1.54) is 6.07 Å². The maximum atomic E-state index is 11.1. The van der Waals surface area contributed by atoms with Crippen LogP contribution in [0.3, 0.4) is 0 Å². The van der Waals surface area contributed by atoms with E-state index in [4.69, 9.17) is 9.84 Å². The SMILES string of the molecule is COc1cc(C)cc(CNc2cc(CO)ccc2[N+](=O)[O-])c1. The third kappa shape index (κ3) is 3.73. The van der Waals surface area contributed by atoms with Gasteiger partial charge < -0.3 is 15.2 Å². The molecule has 2 N–H and O–H groups in total. The van der Waals surface area contributed by atoms with E-state index in [0.717, 1.165) is 16.9 Å². The molecule has 2 rings (SSSR count). The van der Waals surface area contributed by atoms with Gasteiger partial charge in [-0.15, -0.1) is 0 Å². The van der Waals surface area contributed by atoms with Gasteiger partial charge in [0.25, 0.3) is 5.69 Å². The number of nitro benzene ring substituents is 1. The summed E-state index contributed by atoms with van der Waals surface area (Å²) in [7, 11) is 1.60. The predicted molar refractivity (Wildman–Crippen MR) is 84.1 cm³/mol. The number of aliphatic hydroxyl groups is 1. The lowest BCUT2D eigenvalue weighted by molar-refractivity contribution is -0.384. The molecule has 0 fully saturated rings. The molecule has 0 bridgehead atoms. The van der Waals surface area contributed by atoms with Crippen LogP contribution in [0.4, 0.5) is 11.4 Å². The van der Waals surface area contributed by atoms with Gasteiger partial charge >= 0.3 is 0 Å². The van der Waals surface area contributed by atoms with Crippen molar-refractivity contribution in [2.75, 3.05) is 12.4 Å². The maximum Gasteiger partial charge on any atom is 0.292 e. The van der Waals surface area contributed by atoms with Crippen molar-refractivity contribution in [2.45, 2.75) is 20.1 Å². The summed E-state index contributed by atoms with van der Waals surface area (Å²) in [5.41, 5.74) is 3.00. The van der Waals surface area contributed by atoms with E-state index in [-0.39, 0.29) is 12.3 Å². The van der Waals surface area contributed by atoms with Gasteiger partial charge in [0.05, 0.1) is 18.6 Å². The molecule has 0 atom stereocenters. The van der Waals surface area contributed by atoms with Crippen LogP contribution in [0, 0.1) is 17.0 Å². The van der Waals surface area contributed by atoms with E-state index >= 15 is 0 Å². The molecule has 0 radical (unpaired) electrons. The van der Waals surface area contributed by atoms with Gasteiger partial charge in [0.1, 0.15) is 11.4 Å². The first-order chi connectivity index (χ1) is 10.5. The Morgan fingerprint density at radius 3 is 2.64 bits per heavy atom. The maximum absolute atomic E-state index is 11.1. The molecule has 0 saturated heterocycles. The van der Waals surface area contributed by atoms with Gasteiger partial charge in [-0.3, -0.25) is 10.1 Å². The van der Waals surface area contributed by atoms with Gasteiger partial charge in [-0.05, 0) is 47.9 Å².